The Morgan fingerprint density at radius 3 is 2.67 bits per heavy atom. The van der Waals surface area contributed by atoms with Crippen molar-refractivity contribution in [3.05, 3.63) is 34.6 Å². The normalized spacial score (nSPS) is 16.2. The quantitative estimate of drug-likeness (QED) is 0.925. The van der Waals surface area contributed by atoms with Gasteiger partial charge in [0.15, 0.2) is 0 Å². The van der Waals surface area contributed by atoms with E-state index in [0.717, 1.165) is 32.5 Å². The van der Waals surface area contributed by atoms with Gasteiger partial charge in [-0.25, -0.2) is 4.39 Å². The van der Waals surface area contributed by atoms with Crippen molar-refractivity contribution in [2.24, 2.45) is 5.92 Å². The Morgan fingerprint density at radius 2 is 2.10 bits per heavy atom. The molecule has 1 N–H and O–H groups in total. The van der Waals surface area contributed by atoms with Gasteiger partial charge in [0.05, 0.1) is 5.02 Å². The van der Waals surface area contributed by atoms with Crippen LogP contribution in [0.5, 0.6) is 0 Å². The SMILES string of the molecule is CC(C)N(CC1CCNCC1)C(=O)c1ccc(F)c(Cl)c1. The van der Waals surface area contributed by atoms with Gasteiger partial charge in [-0.2, -0.15) is 0 Å². The average Bonchev–Trinajstić information content (AvgIpc) is 2.47. The van der Waals surface area contributed by atoms with Crippen LogP contribution in [0.15, 0.2) is 18.2 Å². The van der Waals surface area contributed by atoms with E-state index in [-0.39, 0.29) is 17.0 Å². The van der Waals surface area contributed by atoms with Crippen LogP contribution in [-0.4, -0.2) is 36.5 Å². The molecule has 0 aliphatic carbocycles. The maximum Gasteiger partial charge on any atom is 0.254 e. The van der Waals surface area contributed by atoms with Gasteiger partial charge in [0, 0.05) is 18.2 Å². The highest BCUT2D eigenvalue weighted by molar-refractivity contribution is 6.31. The van der Waals surface area contributed by atoms with Crippen molar-refractivity contribution in [2.75, 3.05) is 19.6 Å². The molecule has 0 bridgehead atoms. The number of carbonyl (C=O) groups is 1. The number of amides is 1. The first kappa shape index (κ1) is 16.2. The lowest BCUT2D eigenvalue weighted by molar-refractivity contribution is 0.0658. The fourth-order valence-electron chi connectivity index (χ4n) is 2.67. The summed E-state index contributed by atoms with van der Waals surface area (Å²) in [7, 11) is 0. The van der Waals surface area contributed by atoms with Crippen LogP contribution in [0.3, 0.4) is 0 Å². The predicted octanol–water partition coefficient (Wildman–Crippen LogP) is 3.33. The van der Waals surface area contributed by atoms with Gasteiger partial charge in [-0.1, -0.05) is 11.6 Å². The molecule has 1 aliphatic rings. The molecule has 1 aromatic carbocycles. The van der Waals surface area contributed by atoms with E-state index in [1.165, 1.54) is 18.2 Å². The van der Waals surface area contributed by atoms with E-state index in [2.05, 4.69) is 5.32 Å². The summed E-state index contributed by atoms with van der Waals surface area (Å²) in [4.78, 5) is 14.5. The second-order valence-electron chi connectivity index (χ2n) is 5.87. The van der Waals surface area contributed by atoms with Crippen LogP contribution < -0.4 is 5.32 Å². The van der Waals surface area contributed by atoms with Crippen LogP contribution in [0.25, 0.3) is 0 Å². The van der Waals surface area contributed by atoms with Gasteiger partial charge in [-0.3, -0.25) is 4.79 Å². The van der Waals surface area contributed by atoms with Crippen LogP contribution in [0.2, 0.25) is 5.02 Å². The molecule has 0 radical (unpaired) electrons. The Labute approximate surface area is 130 Å². The summed E-state index contributed by atoms with van der Waals surface area (Å²) in [6.07, 6.45) is 2.17. The van der Waals surface area contributed by atoms with Crippen LogP contribution in [0, 0.1) is 11.7 Å². The molecular formula is C16H22ClFN2O. The number of hydrogen-bond acceptors (Lipinski definition) is 2. The lowest BCUT2D eigenvalue weighted by atomic mass is 9.96. The third kappa shape index (κ3) is 4.17. The molecule has 0 unspecified atom stereocenters. The molecule has 1 fully saturated rings. The van der Waals surface area contributed by atoms with Gasteiger partial charge < -0.3 is 10.2 Å². The van der Waals surface area contributed by atoms with Crippen LogP contribution in [0.1, 0.15) is 37.0 Å². The van der Waals surface area contributed by atoms with Crippen molar-refractivity contribution in [1.29, 1.82) is 0 Å². The summed E-state index contributed by atoms with van der Waals surface area (Å²) >= 11 is 5.78. The zero-order chi connectivity index (χ0) is 15.4. The first-order valence-electron chi connectivity index (χ1n) is 7.45. The molecule has 2 rings (SSSR count). The second kappa shape index (κ2) is 7.23. The van der Waals surface area contributed by atoms with Gasteiger partial charge in [0.25, 0.3) is 5.91 Å². The molecule has 1 saturated heterocycles. The molecule has 0 atom stereocenters. The minimum Gasteiger partial charge on any atom is -0.336 e. The summed E-state index contributed by atoms with van der Waals surface area (Å²) < 4.78 is 13.2. The number of halogens is 2. The minimum absolute atomic E-state index is 0.00794. The molecule has 1 aliphatic heterocycles. The summed E-state index contributed by atoms with van der Waals surface area (Å²) in [5, 5.41) is 3.32. The zero-order valence-corrected chi connectivity index (χ0v) is 13.3. The van der Waals surface area contributed by atoms with E-state index in [0.29, 0.717) is 11.5 Å². The Bertz CT molecular complexity index is 501. The van der Waals surface area contributed by atoms with E-state index >= 15 is 0 Å². The summed E-state index contributed by atoms with van der Waals surface area (Å²) in [5.41, 5.74) is 0.448. The highest BCUT2D eigenvalue weighted by Gasteiger charge is 2.24. The molecular weight excluding hydrogens is 291 g/mol. The van der Waals surface area contributed by atoms with E-state index < -0.39 is 5.82 Å². The Balaban J connectivity index is 2.12. The number of nitrogens with zero attached hydrogens (tertiary/aromatic N) is 1. The highest BCUT2D eigenvalue weighted by atomic mass is 35.5. The van der Waals surface area contributed by atoms with E-state index in [9.17, 15) is 9.18 Å². The van der Waals surface area contributed by atoms with E-state index in [1.54, 1.807) is 0 Å². The second-order valence-corrected chi connectivity index (χ2v) is 6.28. The molecule has 0 aromatic heterocycles. The highest BCUT2D eigenvalue weighted by Crippen LogP contribution is 2.20. The number of benzene rings is 1. The van der Waals surface area contributed by atoms with Gasteiger partial charge >= 0.3 is 0 Å². The van der Waals surface area contributed by atoms with Gasteiger partial charge in [0.1, 0.15) is 5.82 Å². The summed E-state index contributed by atoms with van der Waals surface area (Å²) in [6.45, 7) is 6.77. The van der Waals surface area contributed by atoms with Crippen molar-refractivity contribution in [2.45, 2.75) is 32.7 Å². The van der Waals surface area contributed by atoms with E-state index in [4.69, 9.17) is 11.6 Å². The monoisotopic (exact) mass is 312 g/mol. The fraction of sp³-hybridized carbons (Fsp3) is 0.562. The smallest absolute Gasteiger partial charge is 0.254 e. The van der Waals surface area contributed by atoms with Crippen molar-refractivity contribution < 1.29 is 9.18 Å². The van der Waals surface area contributed by atoms with Crippen molar-refractivity contribution >= 4 is 17.5 Å². The number of nitrogens with one attached hydrogen (secondary N) is 1. The first-order chi connectivity index (χ1) is 9.99. The lowest BCUT2D eigenvalue weighted by Crippen LogP contribution is -2.43. The molecule has 21 heavy (non-hydrogen) atoms. The number of piperidine rings is 1. The molecule has 5 heteroatoms. The van der Waals surface area contributed by atoms with Crippen molar-refractivity contribution in [1.82, 2.24) is 10.2 Å². The maximum absolute atomic E-state index is 13.2. The standard InChI is InChI=1S/C16H22ClFN2O/c1-11(2)20(10-12-5-7-19-8-6-12)16(21)13-3-4-15(18)14(17)9-13/h3-4,9,11-12,19H,5-8,10H2,1-2H3. The topological polar surface area (TPSA) is 32.3 Å². The average molecular weight is 313 g/mol. The molecule has 1 heterocycles. The van der Waals surface area contributed by atoms with Crippen LogP contribution >= 0.6 is 11.6 Å². The largest absolute Gasteiger partial charge is 0.336 e. The molecule has 3 nitrogen and oxygen atoms in total. The minimum atomic E-state index is -0.498. The third-order valence-electron chi connectivity index (χ3n) is 3.96. The van der Waals surface area contributed by atoms with Crippen LogP contribution in [-0.2, 0) is 0 Å². The lowest BCUT2D eigenvalue weighted by Gasteiger charge is -2.33. The fourth-order valence-corrected chi connectivity index (χ4v) is 2.85. The summed E-state index contributed by atoms with van der Waals surface area (Å²) in [6, 6.07) is 4.27. The van der Waals surface area contributed by atoms with E-state index in [1.807, 2.05) is 18.7 Å². The molecule has 0 saturated carbocycles. The number of rotatable bonds is 4. The Kier molecular flexibility index (Phi) is 5.59. The van der Waals surface area contributed by atoms with Gasteiger partial charge in [-0.15, -0.1) is 0 Å². The summed E-state index contributed by atoms with van der Waals surface area (Å²) in [5.74, 6) is -0.0541. The number of carbonyl (C=O) groups excluding carboxylic acids is 1. The Hall–Kier alpha value is -1.13. The third-order valence-corrected chi connectivity index (χ3v) is 4.25. The first-order valence-corrected chi connectivity index (χ1v) is 7.83. The van der Waals surface area contributed by atoms with Crippen molar-refractivity contribution in [3.8, 4) is 0 Å². The van der Waals surface area contributed by atoms with Gasteiger partial charge in [-0.05, 0) is 63.9 Å². The number of hydrogen-bond donors (Lipinski definition) is 1. The Morgan fingerprint density at radius 1 is 1.43 bits per heavy atom. The van der Waals surface area contributed by atoms with Crippen molar-refractivity contribution in [3.63, 3.8) is 0 Å². The van der Waals surface area contributed by atoms with Crippen LogP contribution in [0.4, 0.5) is 4.39 Å². The zero-order valence-electron chi connectivity index (χ0n) is 12.5. The molecule has 1 amide bonds. The maximum atomic E-state index is 13.2. The van der Waals surface area contributed by atoms with Gasteiger partial charge in [0.2, 0.25) is 0 Å². The molecule has 1 aromatic rings. The molecule has 116 valence electrons. The molecule has 0 spiro atoms. The predicted molar refractivity (Wildman–Crippen MR) is 83.2 cm³/mol.